The molecule has 98 valence electrons. The van der Waals surface area contributed by atoms with E-state index in [-0.39, 0.29) is 12.1 Å². The van der Waals surface area contributed by atoms with Crippen molar-refractivity contribution in [1.29, 1.82) is 5.26 Å². The average molecular weight is 239 g/mol. The van der Waals surface area contributed by atoms with Gasteiger partial charge in [0.2, 0.25) is 0 Å². The van der Waals surface area contributed by atoms with Crippen LogP contribution in [0.1, 0.15) is 34.1 Å². The second kappa shape index (κ2) is 6.95. The molecule has 17 heavy (non-hydrogen) atoms. The van der Waals surface area contributed by atoms with Crippen LogP contribution in [0, 0.1) is 11.3 Å². The Morgan fingerprint density at radius 1 is 1.53 bits per heavy atom. The van der Waals surface area contributed by atoms with E-state index >= 15 is 0 Å². The first-order valence-electron chi connectivity index (χ1n) is 6.58. The highest BCUT2D eigenvalue weighted by molar-refractivity contribution is 4.95. The van der Waals surface area contributed by atoms with Crippen molar-refractivity contribution in [2.24, 2.45) is 0 Å². The molecule has 0 radical (unpaired) electrons. The second-order valence-electron chi connectivity index (χ2n) is 5.16. The first-order valence-corrected chi connectivity index (χ1v) is 6.58. The molecule has 0 amide bonds. The Hall–Kier alpha value is -0.630. The first-order chi connectivity index (χ1) is 8.06. The summed E-state index contributed by atoms with van der Waals surface area (Å²) in [6, 6.07) is 3.06. The van der Waals surface area contributed by atoms with Crippen molar-refractivity contribution < 1.29 is 4.74 Å². The van der Waals surface area contributed by atoms with Gasteiger partial charge in [0, 0.05) is 25.2 Å². The van der Waals surface area contributed by atoms with Crippen molar-refractivity contribution in [2.45, 2.75) is 58.3 Å². The normalized spacial score (nSPS) is 28.0. The third-order valence-corrected chi connectivity index (χ3v) is 3.16. The Labute approximate surface area is 105 Å². The van der Waals surface area contributed by atoms with Gasteiger partial charge in [0.05, 0.1) is 18.8 Å². The lowest BCUT2D eigenvalue weighted by Gasteiger charge is -2.39. The number of ether oxygens (including phenoxy) is 1. The molecule has 1 aliphatic heterocycles. The molecule has 3 atom stereocenters. The molecule has 1 fully saturated rings. The number of nitriles is 1. The van der Waals surface area contributed by atoms with Gasteiger partial charge in [-0.3, -0.25) is 10.2 Å². The fraction of sp³-hybridized carbons (Fsp3) is 0.923. The van der Waals surface area contributed by atoms with Gasteiger partial charge >= 0.3 is 0 Å². The van der Waals surface area contributed by atoms with Gasteiger partial charge in [-0.25, -0.2) is 0 Å². The number of hydrogen-bond donors (Lipinski definition) is 1. The summed E-state index contributed by atoms with van der Waals surface area (Å²) in [4.78, 5) is 2.39. The maximum atomic E-state index is 9.16. The van der Waals surface area contributed by atoms with Crippen molar-refractivity contribution in [3.8, 4) is 6.07 Å². The smallest absolute Gasteiger partial charge is 0.108 e. The summed E-state index contributed by atoms with van der Waals surface area (Å²) < 4.78 is 5.66. The maximum Gasteiger partial charge on any atom is 0.108 e. The lowest BCUT2D eigenvalue weighted by atomic mass is 10.1. The average Bonchev–Trinajstić information content (AvgIpc) is 2.28. The SMILES string of the molecule is CCC1COC(C)CN1CC(C#N)NC(C)C. The molecule has 0 spiro atoms. The van der Waals surface area contributed by atoms with Gasteiger partial charge in [0.25, 0.3) is 0 Å². The van der Waals surface area contributed by atoms with Gasteiger partial charge in [-0.15, -0.1) is 0 Å². The molecule has 0 saturated carbocycles. The van der Waals surface area contributed by atoms with E-state index in [0.29, 0.717) is 12.1 Å². The van der Waals surface area contributed by atoms with E-state index in [9.17, 15) is 0 Å². The summed E-state index contributed by atoms with van der Waals surface area (Å²) in [6.45, 7) is 10.9. The molecule has 1 rings (SSSR count). The van der Waals surface area contributed by atoms with Crippen LogP contribution in [-0.4, -0.2) is 48.8 Å². The highest BCUT2D eigenvalue weighted by Gasteiger charge is 2.27. The van der Waals surface area contributed by atoms with Crippen molar-refractivity contribution in [2.75, 3.05) is 19.7 Å². The minimum absolute atomic E-state index is 0.0886. The van der Waals surface area contributed by atoms with Crippen molar-refractivity contribution in [3.63, 3.8) is 0 Å². The zero-order chi connectivity index (χ0) is 12.8. The third kappa shape index (κ3) is 4.63. The van der Waals surface area contributed by atoms with Gasteiger partial charge in [-0.05, 0) is 27.2 Å². The third-order valence-electron chi connectivity index (χ3n) is 3.16. The van der Waals surface area contributed by atoms with E-state index in [1.54, 1.807) is 0 Å². The monoisotopic (exact) mass is 239 g/mol. The van der Waals surface area contributed by atoms with Crippen LogP contribution < -0.4 is 5.32 Å². The summed E-state index contributed by atoms with van der Waals surface area (Å²) in [7, 11) is 0. The van der Waals surface area contributed by atoms with Crippen LogP contribution in [0.3, 0.4) is 0 Å². The molecule has 0 aromatic carbocycles. The van der Waals surface area contributed by atoms with Gasteiger partial charge in [-0.1, -0.05) is 6.92 Å². The number of morpholine rings is 1. The molecule has 0 bridgehead atoms. The van der Waals surface area contributed by atoms with Crippen LogP contribution >= 0.6 is 0 Å². The zero-order valence-corrected chi connectivity index (χ0v) is 11.4. The second-order valence-corrected chi connectivity index (χ2v) is 5.16. The van der Waals surface area contributed by atoms with Crippen LogP contribution in [0.5, 0.6) is 0 Å². The molecule has 1 saturated heterocycles. The fourth-order valence-electron chi connectivity index (χ4n) is 2.28. The van der Waals surface area contributed by atoms with E-state index < -0.39 is 0 Å². The number of nitrogens with one attached hydrogen (secondary N) is 1. The Bertz CT molecular complexity index is 262. The molecular formula is C13H25N3O. The molecule has 1 aliphatic rings. The van der Waals surface area contributed by atoms with E-state index in [2.05, 4.69) is 44.0 Å². The van der Waals surface area contributed by atoms with Crippen LogP contribution in [0.15, 0.2) is 0 Å². The summed E-state index contributed by atoms with van der Waals surface area (Å²) >= 11 is 0. The minimum atomic E-state index is -0.0886. The molecule has 0 aliphatic carbocycles. The van der Waals surface area contributed by atoms with Crippen LogP contribution in [-0.2, 0) is 4.74 Å². The van der Waals surface area contributed by atoms with Crippen LogP contribution in [0.2, 0.25) is 0 Å². The summed E-state index contributed by atoms with van der Waals surface area (Å²) in [6.07, 6.45) is 1.35. The molecule has 0 aromatic heterocycles. The molecule has 4 nitrogen and oxygen atoms in total. The Morgan fingerprint density at radius 2 is 2.24 bits per heavy atom. The number of rotatable bonds is 5. The number of hydrogen-bond acceptors (Lipinski definition) is 4. The summed E-state index contributed by atoms with van der Waals surface area (Å²) in [5.74, 6) is 0. The topological polar surface area (TPSA) is 48.3 Å². The fourth-order valence-corrected chi connectivity index (χ4v) is 2.28. The van der Waals surface area contributed by atoms with E-state index in [0.717, 1.165) is 26.1 Å². The molecule has 0 aromatic rings. The standard InChI is InChI=1S/C13H25N3O/c1-5-13-9-17-11(4)7-16(13)8-12(6-14)15-10(2)3/h10-13,15H,5,7-9H2,1-4H3. The minimum Gasteiger partial charge on any atom is -0.376 e. The highest BCUT2D eigenvalue weighted by Crippen LogP contribution is 2.14. The van der Waals surface area contributed by atoms with Crippen molar-refractivity contribution in [3.05, 3.63) is 0 Å². The molecular weight excluding hydrogens is 214 g/mol. The van der Waals surface area contributed by atoms with Gasteiger partial charge < -0.3 is 4.74 Å². The predicted molar refractivity (Wildman–Crippen MR) is 68.7 cm³/mol. The lowest BCUT2D eigenvalue weighted by Crippen LogP contribution is -2.53. The first kappa shape index (κ1) is 14.4. The predicted octanol–water partition coefficient (Wildman–Crippen LogP) is 1.38. The Kier molecular flexibility index (Phi) is 5.90. The molecule has 3 unspecified atom stereocenters. The van der Waals surface area contributed by atoms with Crippen LogP contribution in [0.25, 0.3) is 0 Å². The van der Waals surface area contributed by atoms with E-state index in [1.807, 2.05) is 0 Å². The van der Waals surface area contributed by atoms with Crippen molar-refractivity contribution >= 4 is 0 Å². The molecule has 1 N–H and O–H groups in total. The lowest BCUT2D eigenvalue weighted by molar-refractivity contribution is -0.0570. The quantitative estimate of drug-likeness (QED) is 0.787. The van der Waals surface area contributed by atoms with Gasteiger partial charge in [-0.2, -0.15) is 5.26 Å². The summed E-state index contributed by atoms with van der Waals surface area (Å²) in [5.41, 5.74) is 0. The van der Waals surface area contributed by atoms with E-state index in [4.69, 9.17) is 10.00 Å². The van der Waals surface area contributed by atoms with Crippen LogP contribution in [0.4, 0.5) is 0 Å². The molecule has 1 heterocycles. The highest BCUT2D eigenvalue weighted by atomic mass is 16.5. The van der Waals surface area contributed by atoms with Gasteiger partial charge in [0.15, 0.2) is 0 Å². The van der Waals surface area contributed by atoms with E-state index in [1.165, 1.54) is 0 Å². The zero-order valence-electron chi connectivity index (χ0n) is 11.4. The largest absolute Gasteiger partial charge is 0.376 e. The van der Waals surface area contributed by atoms with Crippen molar-refractivity contribution in [1.82, 2.24) is 10.2 Å². The maximum absolute atomic E-state index is 9.16. The molecule has 4 heteroatoms. The van der Waals surface area contributed by atoms with Gasteiger partial charge in [0.1, 0.15) is 6.04 Å². The number of nitrogens with zero attached hydrogens (tertiary/aromatic N) is 2. The Morgan fingerprint density at radius 3 is 2.76 bits per heavy atom. The summed E-state index contributed by atoms with van der Waals surface area (Å²) in [5, 5.41) is 12.5. The Balaban J connectivity index is 2.53.